The van der Waals surface area contributed by atoms with Crippen molar-refractivity contribution in [1.29, 1.82) is 0 Å². The zero-order chi connectivity index (χ0) is 31.5. The molecule has 5 rings (SSSR count). The highest BCUT2D eigenvalue weighted by Crippen LogP contribution is 2.54. The number of rotatable bonds is 11. The van der Waals surface area contributed by atoms with E-state index in [1.54, 1.807) is 31.3 Å². The molecule has 5 N–H and O–H groups in total. The van der Waals surface area contributed by atoms with Gasteiger partial charge in [-0.15, -0.1) is 0 Å². The summed E-state index contributed by atoms with van der Waals surface area (Å²) in [6.45, 7) is 3.42. The molecule has 1 spiro atoms. The number of hydrogen-bond donors (Lipinski definition) is 4. The normalized spacial score (nSPS) is 20.0. The SMILES string of the molecule is CNc1ccc(NC(=O)c2ccc(N[S+]([O-])CCOC(=O)[C@@H](C)N)cc2N2CCC3(CC2)CC3)nc1N1CCC(F)(F)CC1. The molecule has 0 bridgehead atoms. The Morgan fingerprint density at radius 3 is 2.39 bits per heavy atom. The molecule has 1 aromatic heterocycles. The standard InChI is InChI=1S/C30H41F2N7O4S/c1-20(33)28(41)43-17-18-44(42)37-21-3-4-22(24(19-21)38-13-9-29(7-8-29)10-14-38)27(40)36-25-6-5-23(34-2)26(35-25)39-15-11-30(31,32)12-16-39/h3-6,19-20,34,37H,7-18,33H2,1-2H3,(H,35,36,40)/t20-,44?/m1/s1. The van der Waals surface area contributed by atoms with Crippen LogP contribution in [0.4, 0.5) is 37.5 Å². The minimum absolute atomic E-state index is 0.0390. The van der Waals surface area contributed by atoms with E-state index in [1.807, 2.05) is 11.0 Å². The van der Waals surface area contributed by atoms with Gasteiger partial charge in [-0.1, -0.05) is 0 Å². The van der Waals surface area contributed by atoms with Crippen LogP contribution in [0, 0.1) is 5.41 Å². The van der Waals surface area contributed by atoms with Crippen LogP contribution in [0.2, 0.25) is 0 Å². The molecule has 1 amide bonds. The van der Waals surface area contributed by atoms with E-state index in [9.17, 15) is 22.9 Å². The Morgan fingerprint density at radius 2 is 1.75 bits per heavy atom. The fourth-order valence-corrected chi connectivity index (χ4v) is 6.39. The van der Waals surface area contributed by atoms with E-state index >= 15 is 0 Å². The van der Waals surface area contributed by atoms with Crippen LogP contribution < -0.4 is 30.9 Å². The lowest BCUT2D eigenvalue weighted by Gasteiger charge is -2.35. The lowest BCUT2D eigenvalue weighted by molar-refractivity contribution is -0.144. The van der Waals surface area contributed by atoms with Gasteiger partial charge in [0.05, 0.1) is 34.0 Å². The second-order valence-corrected chi connectivity index (χ2v) is 13.2. The average Bonchev–Trinajstić information content (AvgIpc) is 3.75. The fourth-order valence-electron chi connectivity index (χ4n) is 5.66. The van der Waals surface area contributed by atoms with Gasteiger partial charge in [0.15, 0.2) is 11.6 Å². The van der Waals surface area contributed by atoms with E-state index in [2.05, 4.69) is 25.2 Å². The third-order valence-electron chi connectivity index (χ3n) is 8.66. The van der Waals surface area contributed by atoms with Gasteiger partial charge in [0.25, 0.3) is 11.8 Å². The molecule has 2 aliphatic heterocycles. The van der Waals surface area contributed by atoms with Gasteiger partial charge in [-0.2, -0.15) is 0 Å². The smallest absolute Gasteiger partial charge is 0.322 e. The zero-order valence-corrected chi connectivity index (χ0v) is 26.0. The molecule has 14 heteroatoms. The molecule has 240 valence electrons. The third-order valence-corrected chi connectivity index (χ3v) is 9.66. The van der Waals surface area contributed by atoms with Crippen LogP contribution in [0.5, 0.6) is 0 Å². The van der Waals surface area contributed by atoms with Gasteiger partial charge in [0, 0.05) is 46.1 Å². The summed E-state index contributed by atoms with van der Waals surface area (Å²) in [6.07, 6.45) is 4.08. The molecule has 2 atom stereocenters. The van der Waals surface area contributed by atoms with Crippen molar-refractivity contribution in [3.63, 3.8) is 0 Å². The van der Waals surface area contributed by atoms with Crippen LogP contribution in [0.15, 0.2) is 30.3 Å². The quantitative estimate of drug-likeness (QED) is 0.212. The van der Waals surface area contributed by atoms with Crippen LogP contribution >= 0.6 is 0 Å². The molecule has 1 aromatic carbocycles. The Morgan fingerprint density at radius 1 is 1.07 bits per heavy atom. The molecule has 3 heterocycles. The summed E-state index contributed by atoms with van der Waals surface area (Å²) in [5.41, 5.74) is 8.35. The molecule has 3 aliphatic rings. The fraction of sp³-hybridized carbons (Fsp3) is 0.567. The Labute approximate surface area is 259 Å². The van der Waals surface area contributed by atoms with Crippen molar-refractivity contribution in [2.75, 3.05) is 70.7 Å². The van der Waals surface area contributed by atoms with Crippen molar-refractivity contribution in [2.45, 2.75) is 57.4 Å². The molecule has 11 nitrogen and oxygen atoms in total. The largest absolute Gasteiger partial charge is 0.593 e. The first-order valence-electron chi connectivity index (χ1n) is 15.1. The molecule has 44 heavy (non-hydrogen) atoms. The molecule has 3 fully saturated rings. The summed E-state index contributed by atoms with van der Waals surface area (Å²) in [7, 11) is 1.74. The van der Waals surface area contributed by atoms with Crippen LogP contribution in [0.1, 0.15) is 55.8 Å². The first kappa shape index (κ1) is 32.0. The Bertz CT molecular complexity index is 1340. The molecular weight excluding hydrogens is 592 g/mol. The maximum absolute atomic E-state index is 13.8. The van der Waals surface area contributed by atoms with Gasteiger partial charge < -0.3 is 35.5 Å². The summed E-state index contributed by atoms with van der Waals surface area (Å²) in [4.78, 5) is 33.9. The summed E-state index contributed by atoms with van der Waals surface area (Å²) < 4.78 is 48.2. The summed E-state index contributed by atoms with van der Waals surface area (Å²) in [5.74, 6) is -2.70. The van der Waals surface area contributed by atoms with Crippen LogP contribution in [0.25, 0.3) is 0 Å². The number of alkyl halides is 2. The number of pyridine rings is 1. The monoisotopic (exact) mass is 633 g/mol. The number of nitrogens with zero attached hydrogens (tertiary/aromatic N) is 3. The number of piperidine rings is 2. The number of esters is 1. The number of nitrogens with one attached hydrogen (secondary N) is 3. The van der Waals surface area contributed by atoms with Crippen molar-refractivity contribution in [1.82, 2.24) is 4.98 Å². The summed E-state index contributed by atoms with van der Waals surface area (Å²) >= 11 is -1.53. The van der Waals surface area contributed by atoms with Gasteiger partial charge >= 0.3 is 5.97 Å². The highest BCUT2D eigenvalue weighted by Gasteiger charge is 2.44. The Kier molecular flexibility index (Phi) is 9.71. The highest BCUT2D eigenvalue weighted by atomic mass is 32.2. The number of amides is 1. The highest BCUT2D eigenvalue weighted by molar-refractivity contribution is 7.92. The van der Waals surface area contributed by atoms with E-state index in [1.165, 1.54) is 19.8 Å². The van der Waals surface area contributed by atoms with Crippen molar-refractivity contribution in [3.8, 4) is 0 Å². The zero-order valence-electron chi connectivity index (χ0n) is 25.2. The van der Waals surface area contributed by atoms with E-state index in [0.29, 0.717) is 39.7 Å². The Hall–Kier alpha value is -3.36. The van der Waals surface area contributed by atoms with E-state index in [-0.39, 0.29) is 44.2 Å². The predicted molar refractivity (Wildman–Crippen MR) is 169 cm³/mol. The number of carbonyl (C=O) groups excluding carboxylic acids is 2. The molecule has 1 unspecified atom stereocenters. The van der Waals surface area contributed by atoms with Crippen LogP contribution in [-0.2, 0) is 20.9 Å². The lowest BCUT2D eigenvalue weighted by atomic mass is 9.93. The van der Waals surface area contributed by atoms with Gasteiger partial charge in [-0.25, -0.2) is 18.5 Å². The minimum Gasteiger partial charge on any atom is -0.593 e. The number of ether oxygens (including phenoxy) is 1. The van der Waals surface area contributed by atoms with E-state index in [4.69, 9.17) is 10.5 Å². The third kappa shape index (κ3) is 7.83. The van der Waals surface area contributed by atoms with Crippen molar-refractivity contribution >= 4 is 51.9 Å². The number of benzene rings is 1. The van der Waals surface area contributed by atoms with Crippen molar-refractivity contribution in [2.24, 2.45) is 11.1 Å². The van der Waals surface area contributed by atoms with E-state index < -0.39 is 29.3 Å². The number of aromatic nitrogens is 1. The maximum atomic E-state index is 13.8. The van der Waals surface area contributed by atoms with Gasteiger partial charge in [-0.05, 0) is 68.4 Å². The van der Waals surface area contributed by atoms with Crippen molar-refractivity contribution in [3.05, 3.63) is 35.9 Å². The molecule has 1 aliphatic carbocycles. The topological polar surface area (TPSA) is 148 Å². The Balaban J connectivity index is 1.32. The second kappa shape index (κ2) is 13.3. The first-order valence-corrected chi connectivity index (χ1v) is 16.4. The predicted octanol–water partition coefficient (Wildman–Crippen LogP) is 3.96. The molecular formula is C30H41F2N7O4S. The maximum Gasteiger partial charge on any atom is 0.322 e. The van der Waals surface area contributed by atoms with E-state index in [0.717, 1.165) is 25.9 Å². The number of halogens is 2. The summed E-state index contributed by atoms with van der Waals surface area (Å²) in [6, 6.07) is 7.91. The van der Waals surface area contributed by atoms with Crippen LogP contribution in [-0.4, -0.2) is 79.0 Å². The average molecular weight is 634 g/mol. The van der Waals surface area contributed by atoms with Gasteiger partial charge in [0.1, 0.15) is 18.5 Å². The summed E-state index contributed by atoms with van der Waals surface area (Å²) in [5, 5.41) is 5.96. The minimum atomic E-state index is -2.68. The number of anilines is 5. The van der Waals surface area contributed by atoms with Gasteiger partial charge in [-0.3, -0.25) is 9.59 Å². The molecule has 0 radical (unpaired) electrons. The number of carbonyl (C=O) groups is 2. The second-order valence-electron chi connectivity index (χ2n) is 11.9. The number of nitrogens with two attached hydrogens (primary N) is 1. The lowest BCUT2D eigenvalue weighted by Crippen LogP contribution is -2.40. The number of hydrogen-bond acceptors (Lipinski definition) is 10. The van der Waals surface area contributed by atoms with Gasteiger partial charge in [0.2, 0.25) is 0 Å². The molecule has 1 saturated carbocycles. The molecule has 2 saturated heterocycles. The van der Waals surface area contributed by atoms with Crippen molar-refractivity contribution < 1.29 is 27.7 Å². The molecule has 2 aromatic rings. The first-order chi connectivity index (χ1) is 21.0. The van der Waals surface area contributed by atoms with Crippen LogP contribution in [0.3, 0.4) is 0 Å².